The minimum Gasteiger partial charge on any atom is -0.496 e. The lowest BCUT2D eigenvalue weighted by molar-refractivity contribution is 0.296. The van der Waals surface area contributed by atoms with Gasteiger partial charge in [0.25, 0.3) is 0 Å². The van der Waals surface area contributed by atoms with Gasteiger partial charge in [0.15, 0.2) is 0 Å². The van der Waals surface area contributed by atoms with Crippen LogP contribution in [0.4, 0.5) is 0 Å². The summed E-state index contributed by atoms with van der Waals surface area (Å²) in [4.78, 5) is 0. The van der Waals surface area contributed by atoms with Gasteiger partial charge < -0.3 is 9.84 Å². The van der Waals surface area contributed by atoms with E-state index >= 15 is 0 Å². The zero-order chi connectivity index (χ0) is 8.97. The van der Waals surface area contributed by atoms with E-state index in [-0.39, 0.29) is 6.61 Å². The number of rotatable bonds is 3. The lowest BCUT2D eigenvalue weighted by Crippen LogP contribution is -1.95. The molecule has 0 aliphatic heterocycles. The van der Waals surface area contributed by atoms with E-state index in [0.717, 1.165) is 11.3 Å². The van der Waals surface area contributed by atoms with E-state index in [9.17, 15) is 0 Å². The van der Waals surface area contributed by atoms with Crippen LogP contribution in [0.1, 0.15) is 5.56 Å². The normalized spacial score (nSPS) is 9.92. The van der Waals surface area contributed by atoms with Gasteiger partial charge in [-0.2, -0.15) is 0 Å². The van der Waals surface area contributed by atoms with Crippen LogP contribution in [0.25, 0.3) is 0 Å². The Labute approximate surface area is 76.7 Å². The van der Waals surface area contributed by atoms with Crippen LogP contribution in [0.5, 0.6) is 5.75 Å². The van der Waals surface area contributed by atoms with Crippen LogP contribution in [0.3, 0.4) is 0 Å². The molecule has 0 fully saturated rings. The minimum absolute atomic E-state index is 0.123. The predicted octanol–water partition coefficient (Wildman–Crippen LogP) is 1.88. The summed E-state index contributed by atoms with van der Waals surface area (Å²) in [7, 11) is 1.59. The van der Waals surface area contributed by atoms with Gasteiger partial charge in [0.2, 0.25) is 0 Å². The molecule has 0 amide bonds. The second-order valence-electron chi connectivity index (χ2n) is 2.43. The van der Waals surface area contributed by atoms with Gasteiger partial charge in [-0.15, -0.1) is 0 Å². The summed E-state index contributed by atoms with van der Waals surface area (Å²) in [5.74, 6) is 0.733. The van der Waals surface area contributed by atoms with Crippen LogP contribution >= 0.6 is 11.6 Å². The molecule has 1 N–H and O–H groups in total. The first-order valence-corrected chi connectivity index (χ1v) is 4.09. The number of aliphatic hydroxyl groups excluding tert-OH is 1. The maximum Gasteiger partial charge on any atom is 0.123 e. The van der Waals surface area contributed by atoms with E-state index < -0.39 is 0 Å². The van der Waals surface area contributed by atoms with Crippen LogP contribution in [0.2, 0.25) is 5.02 Å². The first kappa shape index (κ1) is 9.36. The molecule has 1 aromatic rings. The molecule has 1 aromatic carbocycles. The zero-order valence-corrected chi connectivity index (χ0v) is 7.64. The molecule has 0 aliphatic rings. The maximum atomic E-state index is 8.72. The third-order valence-corrected chi connectivity index (χ3v) is 1.87. The van der Waals surface area contributed by atoms with Crippen LogP contribution < -0.4 is 4.74 Å². The van der Waals surface area contributed by atoms with Crippen LogP contribution in [-0.4, -0.2) is 18.8 Å². The van der Waals surface area contributed by atoms with Gasteiger partial charge in [0.1, 0.15) is 5.75 Å². The van der Waals surface area contributed by atoms with Crippen molar-refractivity contribution in [3.8, 4) is 5.75 Å². The third-order valence-electron chi connectivity index (χ3n) is 1.63. The number of hydrogen-bond acceptors (Lipinski definition) is 2. The average molecular weight is 187 g/mol. The molecule has 0 radical (unpaired) electrons. The number of methoxy groups -OCH3 is 1. The predicted molar refractivity (Wildman–Crippen MR) is 48.8 cm³/mol. The lowest BCUT2D eigenvalue weighted by atomic mass is 10.1. The Morgan fingerprint density at radius 1 is 1.50 bits per heavy atom. The molecule has 12 heavy (non-hydrogen) atoms. The van der Waals surface area contributed by atoms with Gasteiger partial charge in [-0.3, -0.25) is 0 Å². The van der Waals surface area contributed by atoms with Gasteiger partial charge in [0, 0.05) is 11.6 Å². The summed E-state index contributed by atoms with van der Waals surface area (Å²) in [6.45, 7) is 0.123. The topological polar surface area (TPSA) is 29.5 Å². The molecular formula is C9H11ClO2. The highest BCUT2D eigenvalue weighted by molar-refractivity contribution is 6.30. The second-order valence-corrected chi connectivity index (χ2v) is 2.87. The molecule has 0 spiro atoms. The highest BCUT2D eigenvalue weighted by atomic mass is 35.5. The third kappa shape index (κ3) is 2.13. The Morgan fingerprint density at radius 3 is 2.83 bits per heavy atom. The Morgan fingerprint density at radius 2 is 2.25 bits per heavy atom. The molecule has 0 atom stereocenters. The molecule has 0 saturated carbocycles. The van der Waals surface area contributed by atoms with Crippen LogP contribution in [0.15, 0.2) is 18.2 Å². The van der Waals surface area contributed by atoms with Gasteiger partial charge in [0.05, 0.1) is 7.11 Å². The number of hydrogen-bond donors (Lipinski definition) is 1. The van der Waals surface area contributed by atoms with Crippen LogP contribution in [-0.2, 0) is 6.42 Å². The van der Waals surface area contributed by atoms with Crippen molar-refractivity contribution < 1.29 is 9.84 Å². The smallest absolute Gasteiger partial charge is 0.123 e. The summed E-state index contributed by atoms with van der Waals surface area (Å²) in [6.07, 6.45) is 0.598. The van der Waals surface area contributed by atoms with Crippen molar-refractivity contribution in [3.05, 3.63) is 28.8 Å². The molecule has 66 valence electrons. The number of aliphatic hydroxyl groups is 1. The Balaban J connectivity index is 2.94. The van der Waals surface area contributed by atoms with Crippen molar-refractivity contribution in [1.29, 1.82) is 0 Å². The first-order chi connectivity index (χ1) is 5.77. The van der Waals surface area contributed by atoms with Gasteiger partial charge in [-0.25, -0.2) is 0 Å². The average Bonchev–Trinajstić information content (AvgIpc) is 2.08. The standard InChI is InChI=1S/C9H11ClO2/c1-12-9-6-8(10)3-2-7(9)4-5-11/h2-3,6,11H,4-5H2,1H3. The Bertz CT molecular complexity index is 261. The second kappa shape index (κ2) is 4.33. The molecule has 0 heterocycles. The van der Waals surface area contributed by atoms with Crippen molar-refractivity contribution >= 4 is 11.6 Å². The van der Waals surface area contributed by atoms with E-state index in [4.69, 9.17) is 21.4 Å². The van der Waals surface area contributed by atoms with Crippen molar-refractivity contribution in [2.24, 2.45) is 0 Å². The van der Waals surface area contributed by atoms with Crippen LogP contribution in [0, 0.1) is 0 Å². The first-order valence-electron chi connectivity index (χ1n) is 3.71. The molecule has 0 unspecified atom stereocenters. The van der Waals surface area contributed by atoms with E-state index in [2.05, 4.69) is 0 Å². The molecule has 0 aliphatic carbocycles. The number of halogens is 1. The van der Waals surface area contributed by atoms with Crippen molar-refractivity contribution in [2.75, 3.05) is 13.7 Å². The quantitative estimate of drug-likeness (QED) is 0.781. The Kier molecular flexibility index (Phi) is 3.38. The van der Waals surface area contributed by atoms with E-state index in [1.165, 1.54) is 0 Å². The van der Waals surface area contributed by atoms with E-state index in [1.807, 2.05) is 6.07 Å². The maximum absolute atomic E-state index is 8.72. The van der Waals surface area contributed by atoms with Gasteiger partial charge in [-0.05, 0) is 24.1 Å². The summed E-state index contributed by atoms with van der Waals surface area (Å²) < 4.78 is 5.08. The van der Waals surface area contributed by atoms with E-state index in [1.54, 1.807) is 19.2 Å². The largest absolute Gasteiger partial charge is 0.496 e. The SMILES string of the molecule is COc1cc(Cl)ccc1CCO. The summed E-state index contributed by atoms with van der Waals surface area (Å²) >= 11 is 5.75. The Hall–Kier alpha value is -0.730. The summed E-state index contributed by atoms with van der Waals surface area (Å²) in [5.41, 5.74) is 0.976. The molecule has 0 bridgehead atoms. The summed E-state index contributed by atoms with van der Waals surface area (Å²) in [5, 5.41) is 9.37. The highest BCUT2D eigenvalue weighted by Crippen LogP contribution is 2.23. The summed E-state index contributed by atoms with van der Waals surface area (Å²) in [6, 6.07) is 5.39. The fraction of sp³-hybridized carbons (Fsp3) is 0.333. The van der Waals surface area contributed by atoms with Crippen molar-refractivity contribution in [1.82, 2.24) is 0 Å². The van der Waals surface area contributed by atoms with Crippen molar-refractivity contribution in [3.63, 3.8) is 0 Å². The molecule has 0 saturated heterocycles. The lowest BCUT2D eigenvalue weighted by Gasteiger charge is -2.06. The molecule has 0 aromatic heterocycles. The van der Waals surface area contributed by atoms with Crippen molar-refractivity contribution in [2.45, 2.75) is 6.42 Å². The molecule has 1 rings (SSSR count). The fourth-order valence-corrected chi connectivity index (χ4v) is 1.21. The molecule has 3 heteroatoms. The fourth-order valence-electron chi connectivity index (χ4n) is 1.05. The monoisotopic (exact) mass is 186 g/mol. The molecule has 2 nitrogen and oxygen atoms in total. The number of benzene rings is 1. The van der Waals surface area contributed by atoms with E-state index in [0.29, 0.717) is 11.4 Å². The minimum atomic E-state index is 0.123. The van der Waals surface area contributed by atoms with Gasteiger partial charge in [-0.1, -0.05) is 17.7 Å². The zero-order valence-electron chi connectivity index (χ0n) is 6.88. The highest BCUT2D eigenvalue weighted by Gasteiger charge is 2.01. The van der Waals surface area contributed by atoms with Gasteiger partial charge >= 0.3 is 0 Å². The number of ether oxygens (including phenoxy) is 1. The molecular weight excluding hydrogens is 176 g/mol.